The Morgan fingerprint density at radius 3 is 2.94 bits per heavy atom. The van der Waals surface area contributed by atoms with Crippen molar-refractivity contribution in [2.24, 2.45) is 5.92 Å². The third-order valence-electron chi connectivity index (χ3n) is 4.06. The average molecular weight is 235 g/mol. The molecule has 1 saturated carbocycles. The van der Waals surface area contributed by atoms with Gasteiger partial charge in [0.05, 0.1) is 6.20 Å². The zero-order valence-electron chi connectivity index (χ0n) is 11.3. The molecule has 1 heterocycles. The van der Waals surface area contributed by atoms with E-state index in [1.807, 2.05) is 0 Å². The highest BCUT2D eigenvalue weighted by Gasteiger charge is 2.33. The Labute approximate surface area is 105 Å². The number of hydrogen-bond acceptors (Lipinski definition) is 2. The molecule has 3 atom stereocenters. The summed E-state index contributed by atoms with van der Waals surface area (Å²) in [6.07, 6.45) is 8.08. The van der Waals surface area contributed by atoms with Crippen LogP contribution in [-0.2, 0) is 6.54 Å². The van der Waals surface area contributed by atoms with Crippen molar-refractivity contribution in [3.8, 4) is 0 Å². The summed E-state index contributed by atoms with van der Waals surface area (Å²) in [4.78, 5) is 0. The Balaban J connectivity index is 2.02. The summed E-state index contributed by atoms with van der Waals surface area (Å²) in [6.45, 7) is 8.89. The molecule has 1 aromatic rings. The molecule has 3 nitrogen and oxygen atoms in total. The maximum Gasteiger partial charge on any atom is 0.0524 e. The minimum Gasteiger partial charge on any atom is -0.314 e. The van der Waals surface area contributed by atoms with Gasteiger partial charge >= 0.3 is 0 Å². The number of aromatic nitrogens is 2. The van der Waals surface area contributed by atoms with Crippen molar-refractivity contribution in [1.82, 2.24) is 15.1 Å². The Morgan fingerprint density at radius 1 is 1.41 bits per heavy atom. The van der Waals surface area contributed by atoms with E-state index in [9.17, 15) is 0 Å². The predicted octanol–water partition coefficient (Wildman–Crippen LogP) is 2.78. The Morgan fingerprint density at radius 2 is 2.24 bits per heavy atom. The average Bonchev–Trinajstić information content (AvgIpc) is 2.89. The molecule has 17 heavy (non-hydrogen) atoms. The largest absolute Gasteiger partial charge is 0.314 e. The van der Waals surface area contributed by atoms with E-state index >= 15 is 0 Å². The molecule has 1 aliphatic rings. The molecular formula is C14H25N3. The lowest BCUT2D eigenvalue weighted by Crippen LogP contribution is -2.31. The fourth-order valence-corrected chi connectivity index (χ4v) is 3.11. The van der Waals surface area contributed by atoms with E-state index in [1.165, 1.54) is 18.4 Å². The van der Waals surface area contributed by atoms with Gasteiger partial charge < -0.3 is 5.32 Å². The number of aryl methyl sites for hydroxylation is 1. The van der Waals surface area contributed by atoms with Crippen molar-refractivity contribution < 1.29 is 0 Å². The first kappa shape index (κ1) is 12.6. The number of nitrogens with zero attached hydrogens (tertiary/aromatic N) is 2. The Bertz CT molecular complexity index is 345. The molecule has 0 amide bonds. The smallest absolute Gasteiger partial charge is 0.0524 e. The molecule has 1 aromatic heterocycles. The quantitative estimate of drug-likeness (QED) is 0.850. The summed E-state index contributed by atoms with van der Waals surface area (Å²) in [5.74, 6) is 1.43. The Kier molecular flexibility index (Phi) is 4.21. The van der Waals surface area contributed by atoms with Crippen molar-refractivity contribution in [1.29, 1.82) is 0 Å². The third kappa shape index (κ3) is 2.71. The van der Waals surface area contributed by atoms with Crippen LogP contribution >= 0.6 is 0 Å². The predicted molar refractivity (Wildman–Crippen MR) is 71.1 cm³/mol. The molecule has 1 N–H and O–H groups in total. The summed E-state index contributed by atoms with van der Waals surface area (Å²) < 4.78 is 2.09. The van der Waals surface area contributed by atoms with Gasteiger partial charge in [-0.3, -0.25) is 4.68 Å². The minimum absolute atomic E-state index is 0.694. The molecule has 96 valence electrons. The van der Waals surface area contributed by atoms with Gasteiger partial charge in [-0.1, -0.05) is 20.8 Å². The lowest BCUT2D eigenvalue weighted by molar-refractivity contribution is 0.412. The van der Waals surface area contributed by atoms with Gasteiger partial charge in [0.1, 0.15) is 0 Å². The monoisotopic (exact) mass is 235 g/mol. The van der Waals surface area contributed by atoms with Crippen molar-refractivity contribution in [3.05, 3.63) is 18.0 Å². The second-order valence-electron chi connectivity index (χ2n) is 5.24. The van der Waals surface area contributed by atoms with E-state index in [1.54, 1.807) is 0 Å². The summed E-state index contributed by atoms with van der Waals surface area (Å²) in [6, 6.07) is 0.694. The number of hydrogen-bond donors (Lipinski definition) is 1. The number of rotatable bonds is 5. The molecule has 0 saturated heterocycles. The van der Waals surface area contributed by atoms with Gasteiger partial charge in [-0.05, 0) is 43.2 Å². The highest BCUT2D eigenvalue weighted by atomic mass is 15.3. The molecule has 0 bridgehead atoms. The molecule has 3 unspecified atom stereocenters. The molecule has 2 rings (SSSR count). The minimum atomic E-state index is 0.694. The standard InChI is InChI=1S/C14H25N3/c1-4-8-17-10-12(9-16-17)13-6-7-14(11(13)3)15-5-2/h9-11,13-15H,4-8H2,1-3H3. The van der Waals surface area contributed by atoms with Crippen LogP contribution in [0.3, 0.4) is 0 Å². The molecule has 0 aromatic carbocycles. The van der Waals surface area contributed by atoms with Crippen LogP contribution in [0.5, 0.6) is 0 Å². The zero-order chi connectivity index (χ0) is 12.3. The first-order valence-electron chi connectivity index (χ1n) is 7.02. The van der Waals surface area contributed by atoms with Crippen LogP contribution in [0, 0.1) is 5.92 Å². The van der Waals surface area contributed by atoms with Gasteiger partial charge in [0, 0.05) is 18.8 Å². The SMILES string of the molecule is CCCn1cc(C2CCC(NCC)C2C)cn1. The van der Waals surface area contributed by atoms with Gasteiger partial charge in [0.2, 0.25) is 0 Å². The van der Waals surface area contributed by atoms with Gasteiger partial charge in [-0.15, -0.1) is 0 Å². The highest BCUT2D eigenvalue weighted by molar-refractivity contribution is 5.16. The van der Waals surface area contributed by atoms with Gasteiger partial charge in [0.15, 0.2) is 0 Å². The van der Waals surface area contributed by atoms with E-state index in [-0.39, 0.29) is 0 Å². The molecule has 1 aliphatic carbocycles. The first-order chi connectivity index (χ1) is 8.26. The van der Waals surface area contributed by atoms with Crippen molar-refractivity contribution in [2.45, 2.75) is 58.5 Å². The lowest BCUT2D eigenvalue weighted by atomic mass is 9.91. The fraction of sp³-hybridized carbons (Fsp3) is 0.786. The fourth-order valence-electron chi connectivity index (χ4n) is 3.11. The topological polar surface area (TPSA) is 29.9 Å². The lowest BCUT2D eigenvalue weighted by Gasteiger charge is -2.20. The van der Waals surface area contributed by atoms with E-state index in [2.05, 4.69) is 48.3 Å². The molecule has 0 radical (unpaired) electrons. The van der Waals surface area contributed by atoms with E-state index in [0.29, 0.717) is 12.0 Å². The molecule has 0 spiro atoms. The van der Waals surface area contributed by atoms with Crippen molar-refractivity contribution in [2.75, 3.05) is 6.54 Å². The zero-order valence-corrected chi connectivity index (χ0v) is 11.3. The maximum atomic E-state index is 4.45. The van der Waals surface area contributed by atoms with Gasteiger partial charge in [-0.2, -0.15) is 5.10 Å². The van der Waals surface area contributed by atoms with Crippen molar-refractivity contribution in [3.63, 3.8) is 0 Å². The van der Waals surface area contributed by atoms with Crippen LogP contribution in [0.4, 0.5) is 0 Å². The first-order valence-corrected chi connectivity index (χ1v) is 7.02. The molecule has 3 heteroatoms. The molecule has 1 fully saturated rings. The summed E-state index contributed by atoms with van der Waals surface area (Å²) in [5, 5.41) is 8.05. The van der Waals surface area contributed by atoms with Crippen LogP contribution in [-0.4, -0.2) is 22.4 Å². The van der Waals surface area contributed by atoms with Crippen LogP contribution in [0.1, 0.15) is 51.5 Å². The molecule has 0 aliphatic heterocycles. The summed E-state index contributed by atoms with van der Waals surface area (Å²) in [7, 11) is 0. The van der Waals surface area contributed by atoms with Crippen LogP contribution < -0.4 is 5.32 Å². The van der Waals surface area contributed by atoms with E-state index in [4.69, 9.17) is 0 Å². The molecular weight excluding hydrogens is 210 g/mol. The second kappa shape index (κ2) is 5.67. The normalized spacial score (nSPS) is 28.8. The van der Waals surface area contributed by atoms with Crippen LogP contribution in [0.2, 0.25) is 0 Å². The van der Waals surface area contributed by atoms with Crippen molar-refractivity contribution >= 4 is 0 Å². The van der Waals surface area contributed by atoms with Crippen LogP contribution in [0.15, 0.2) is 12.4 Å². The van der Waals surface area contributed by atoms with E-state index < -0.39 is 0 Å². The van der Waals surface area contributed by atoms with Gasteiger partial charge in [0.25, 0.3) is 0 Å². The highest BCUT2D eigenvalue weighted by Crippen LogP contribution is 2.39. The van der Waals surface area contributed by atoms with Crippen LogP contribution in [0.25, 0.3) is 0 Å². The number of nitrogens with one attached hydrogen (secondary N) is 1. The third-order valence-corrected chi connectivity index (χ3v) is 4.06. The Hall–Kier alpha value is -0.830. The summed E-state index contributed by atoms with van der Waals surface area (Å²) >= 11 is 0. The second-order valence-corrected chi connectivity index (χ2v) is 5.24. The van der Waals surface area contributed by atoms with Gasteiger partial charge in [-0.25, -0.2) is 0 Å². The summed E-state index contributed by atoms with van der Waals surface area (Å²) in [5.41, 5.74) is 1.44. The van der Waals surface area contributed by atoms with E-state index in [0.717, 1.165) is 25.4 Å². The maximum absolute atomic E-state index is 4.45.